The quantitative estimate of drug-likeness (QED) is 0.274. The fourth-order valence-corrected chi connectivity index (χ4v) is 5.78. The molecule has 0 aliphatic carbocycles. The fraction of sp³-hybridized carbons (Fsp3) is 0.310. The first kappa shape index (κ1) is 31.4. The summed E-state index contributed by atoms with van der Waals surface area (Å²) in [5.41, 5.74) is 0.984. The third kappa shape index (κ3) is 7.99. The number of benzene rings is 3. The van der Waals surface area contributed by atoms with Crippen LogP contribution in [0, 0.1) is 0 Å². The van der Waals surface area contributed by atoms with Crippen LogP contribution in [-0.4, -0.2) is 50.4 Å². The molecule has 3 rings (SSSR count). The van der Waals surface area contributed by atoms with E-state index >= 15 is 0 Å². The third-order valence-corrected chi connectivity index (χ3v) is 8.53. The Morgan fingerprint density at radius 2 is 1.60 bits per heavy atom. The molecule has 214 valence electrons. The van der Waals surface area contributed by atoms with Gasteiger partial charge in [-0.15, -0.1) is 0 Å². The van der Waals surface area contributed by atoms with E-state index in [9.17, 15) is 18.0 Å². The number of halogens is 2. The van der Waals surface area contributed by atoms with Gasteiger partial charge < -0.3 is 15.0 Å². The summed E-state index contributed by atoms with van der Waals surface area (Å²) in [4.78, 5) is 28.4. The van der Waals surface area contributed by atoms with Crippen LogP contribution in [0.25, 0.3) is 0 Å². The lowest BCUT2D eigenvalue weighted by atomic mass is 10.1. The molecule has 40 heavy (non-hydrogen) atoms. The average Bonchev–Trinajstić information content (AvgIpc) is 2.91. The minimum absolute atomic E-state index is 0.0407. The molecule has 0 aromatic heterocycles. The van der Waals surface area contributed by atoms with E-state index in [0.29, 0.717) is 17.4 Å². The molecule has 0 unspecified atom stereocenters. The van der Waals surface area contributed by atoms with Gasteiger partial charge in [0.1, 0.15) is 18.3 Å². The summed E-state index contributed by atoms with van der Waals surface area (Å²) < 4.78 is 35.6. The largest absolute Gasteiger partial charge is 0.492 e. The van der Waals surface area contributed by atoms with Crippen LogP contribution < -0.4 is 14.4 Å². The lowest BCUT2D eigenvalue weighted by Crippen LogP contribution is -2.52. The molecule has 0 saturated heterocycles. The van der Waals surface area contributed by atoms with Crippen LogP contribution in [0.5, 0.6) is 5.75 Å². The molecule has 1 N–H and O–H groups in total. The number of ether oxygens (including phenoxy) is 1. The van der Waals surface area contributed by atoms with Crippen LogP contribution in [-0.2, 0) is 26.2 Å². The summed E-state index contributed by atoms with van der Waals surface area (Å²) in [6.45, 7) is 6.90. The topological polar surface area (TPSA) is 96.0 Å². The molecule has 3 aromatic carbocycles. The number of nitrogens with zero attached hydrogens (tertiary/aromatic N) is 2. The molecule has 0 heterocycles. The first-order valence-electron chi connectivity index (χ1n) is 12.8. The SMILES string of the molecule is CCOc1ccccc1N(CC(=O)N(Cc1ccc(Br)cc1)[C@@H](C)C(=O)NC(C)C)S(=O)(=O)c1ccc(Cl)cc1. The molecule has 0 aliphatic rings. The van der Waals surface area contributed by atoms with Crippen molar-refractivity contribution in [3.8, 4) is 5.75 Å². The zero-order valence-electron chi connectivity index (χ0n) is 22.8. The number of amides is 2. The predicted octanol–water partition coefficient (Wildman–Crippen LogP) is 5.64. The molecule has 11 heteroatoms. The van der Waals surface area contributed by atoms with Crippen LogP contribution in [0.4, 0.5) is 5.69 Å². The molecular weight excluding hydrogens is 618 g/mol. The Morgan fingerprint density at radius 3 is 2.20 bits per heavy atom. The van der Waals surface area contributed by atoms with E-state index in [-0.39, 0.29) is 29.1 Å². The minimum atomic E-state index is -4.24. The molecule has 0 bridgehead atoms. The fourth-order valence-electron chi connectivity index (χ4n) is 3.96. The van der Waals surface area contributed by atoms with E-state index in [0.717, 1.165) is 14.3 Å². The zero-order valence-corrected chi connectivity index (χ0v) is 26.0. The summed E-state index contributed by atoms with van der Waals surface area (Å²) in [6.07, 6.45) is 0. The summed E-state index contributed by atoms with van der Waals surface area (Å²) in [6, 6.07) is 18.7. The van der Waals surface area contributed by atoms with E-state index in [1.54, 1.807) is 38.1 Å². The third-order valence-electron chi connectivity index (χ3n) is 5.98. The zero-order chi connectivity index (χ0) is 29.4. The number of nitrogens with one attached hydrogen (secondary N) is 1. The van der Waals surface area contributed by atoms with Crippen molar-refractivity contribution >= 4 is 55.1 Å². The highest BCUT2D eigenvalue weighted by molar-refractivity contribution is 9.10. The van der Waals surface area contributed by atoms with E-state index in [1.165, 1.54) is 29.2 Å². The standard InChI is InChI=1S/C29H33BrClN3O5S/c1-5-39-27-9-7-6-8-26(27)34(40(37,38)25-16-14-24(31)15-17-25)19-28(35)33(21(4)29(36)32-20(2)3)18-22-10-12-23(30)13-11-22/h6-17,20-21H,5,18-19H2,1-4H3,(H,32,36)/t21-/m0/s1. The smallest absolute Gasteiger partial charge is 0.264 e. The van der Waals surface area contributed by atoms with Gasteiger partial charge in [-0.1, -0.05) is 51.8 Å². The number of hydrogen-bond acceptors (Lipinski definition) is 5. The molecular formula is C29H33BrClN3O5S. The van der Waals surface area contributed by atoms with Gasteiger partial charge in [0.2, 0.25) is 11.8 Å². The van der Waals surface area contributed by atoms with Gasteiger partial charge >= 0.3 is 0 Å². The molecule has 0 fully saturated rings. The highest BCUT2D eigenvalue weighted by Crippen LogP contribution is 2.33. The molecule has 3 aromatic rings. The number of anilines is 1. The van der Waals surface area contributed by atoms with Crippen molar-refractivity contribution in [3.63, 3.8) is 0 Å². The molecule has 1 atom stereocenters. The van der Waals surface area contributed by atoms with Crippen LogP contribution >= 0.6 is 27.5 Å². The lowest BCUT2D eigenvalue weighted by molar-refractivity contribution is -0.139. The predicted molar refractivity (Wildman–Crippen MR) is 161 cm³/mol. The van der Waals surface area contributed by atoms with Crippen molar-refractivity contribution < 1.29 is 22.7 Å². The Balaban J connectivity index is 2.08. The van der Waals surface area contributed by atoms with E-state index in [4.69, 9.17) is 16.3 Å². The number of para-hydroxylation sites is 2. The second kappa shape index (κ2) is 14.0. The van der Waals surface area contributed by atoms with Gasteiger partial charge in [-0.25, -0.2) is 8.42 Å². The van der Waals surface area contributed by atoms with Gasteiger partial charge in [0.05, 0.1) is 17.2 Å². The van der Waals surface area contributed by atoms with Crippen LogP contribution in [0.2, 0.25) is 5.02 Å². The van der Waals surface area contributed by atoms with Gasteiger partial charge in [-0.05, 0) is 81.8 Å². The van der Waals surface area contributed by atoms with Crippen molar-refractivity contribution in [2.45, 2.75) is 51.2 Å². The monoisotopic (exact) mass is 649 g/mol. The lowest BCUT2D eigenvalue weighted by Gasteiger charge is -2.32. The highest BCUT2D eigenvalue weighted by Gasteiger charge is 2.34. The minimum Gasteiger partial charge on any atom is -0.492 e. The van der Waals surface area contributed by atoms with Crippen LogP contribution in [0.1, 0.15) is 33.3 Å². The maximum absolute atomic E-state index is 14.0. The summed E-state index contributed by atoms with van der Waals surface area (Å²) in [5.74, 6) is -0.596. The average molecular weight is 651 g/mol. The Kier molecular flexibility index (Phi) is 11.0. The van der Waals surface area contributed by atoms with Gasteiger partial charge in [0, 0.05) is 22.1 Å². The number of sulfonamides is 1. The Morgan fingerprint density at radius 1 is 0.975 bits per heavy atom. The number of rotatable bonds is 12. The van der Waals surface area contributed by atoms with E-state index in [1.807, 2.05) is 38.1 Å². The summed E-state index contributed by atoms with van der Waals surface area (Å²) >= 11 is 9.42. The maximum Gasteiger partial charge on any atom is 0.264 e. The second-order valence-electron chi connectivity index (χ2n) is 9.35. The van der Waals surface area contributed by atoms with E-state index in [2.05, 4.69) is 21.2 Å². The van der Waals surface area contributed by atoms with Crippen molar-refractivity contribution in [2.24, 2.45) is 0 Å². The maximum atomic E-state index is 14.0. The van der Waals surface area contributed by atoms with Gasteiger partial charge in [-0.3, -0.25) is 13.9 Å². The molecule has 0 aliphatic heterocycles. The number of hydrogen-bond donors (Lipinski definition) is 1. The van der Waals surface area contributed by atoms with E-state index < -0.39 is 28.5 Å². The van der Waals surface area contributed by atoms with Crippen molar-refractivity contribution in [2.75, 3.05) is 17.5 Å². The van der Waals surface area contributed by atoms with Crippen molar-refractivity contribution in [1.82, 2.24) is 10.2 Å². The van der Waals surface area contributed by atoms with Crippen molar-refractivity contribution in [3.05, 3.63) is 87.9 Å². The Hall–Kier alpha value is -3.08. The Bertz CT molecular complexity index is 1420. The van der Waals surface area contributed by atoms with Gasteiger partial charge in [0.15, 0.2) is 0 Å². The molecule has 0 saturated carbocycles. The number of carbonyl (C=O) groups excluding carboxylic acids is 2. The summed E-state index contributed by atoms with van der Waals surface area (Å²) in [5, 5.41) is 3.22. The summed E-state index contributed by atoms with van der Waals surface area (Å²) in [7, 11) is -4.24. The molecule has 8 nitrogen and oxygen atoms in total. The molecule has 2 amide bonds. The first-order chi connectivity index (χ1) is 18.9. The molecule has 0 radical (unpaired) electrons. The van der Waals surface area contributed by atoms with Crippen LogP contribution in [0.3, 0.4) is 0 Å². The second-order valence-corrected chi connectivity index (χ2v) is 12.6. The van der Waals surface area contributed by atoms with Crippen molar-refractivity contribution in [1.29, 1.82) is 0 Å². The van der Waals surface area contributed by atoms with Gasteiger partial charge in [-0.2, -0.15) is 0 Å². The van der Waals surface area contributed by atoms with Gasteiger partial charge in [0.25, 0.3) is 10.0 Å². The Labute approximate surface area is 249 Å². The number of carbonyl (C=O) groups is 2. The highest BCUT2D eigenvalue weighted by atomic mass is 79.9. The molecule has 0 spiro atoms. The normalized spacial score (nSPS) is 12.1. The first-order valence-corrected chi connectivity index (χ1v) is 15.4. The van der Waals surface area contributed by atoms with Crippen LogP contribution in [0.15, 0.2) is 82.2 Å².